The second kappa shape index (κ2) is 7.16. The van der Waals surface area contributed by atoms with E-state index in [9.17, 15) is 22.0 Å². The molecular weight excluding hydrogens is 393 g/mol. The molecule has 3 aromatic rings. The summed E-state index contributed by atoms with van der Waals surface area (Å²) in [5.74, 6) is -1.63. The van der Waals surface area contributed by atoms with E-state index >= 15 is 0 Å². The summed E-state index contributed by atoms with van der Waals surface area (Å²) in [5.41, 5.74) is -0.875. The minimum atomic E-state index is -4.49. The van der Waals surface area contributed by atoms with Crippen LogP contribution in [0.5, 0.6) is 5.75 Å². The van der Waals surface area contributed by atoms with E-state index in [1.165, 1.54) is 22.8 Å². The van der Waals surface area contributed by atoms with Crippen LogP contribution in [0.1, 0.15) is 11.3 Å². The predicted octanol–water partition coefficient (Wildman–Crippen LogP) is 6.14. The third kappa shape index (κ3) is 3.78. The van der Waals surface area contributed by atoms with E-state index < -0.39 is 23.4 Å². The molecule has 136 valence electrons. The molecule has 2 nitrogen and oxygen atoms in total. The number of thiazole rings is 1. The zero-order valence-corrected chi connectivity index (χ0v) is 14.5. The summed E-state index contributed by atoms with van der Waals surface area (Å²) in [6.45, 7) is -0.206. The van der Waals surface area contributed by atoms with Gasteiger partial charge in [-0.25, -0.2) is 8.78 Å². The van der Waals surface area contributed by atoms with Crippen LogP contribution in [-0.4, -0.2) is 4.57 Å². The number of alkyl halides is 3. The molecular formula is C17H10F5NOS2. The summed E-state index contributed by atoms with van der Waals surface area (Å²) in [5, 5.41) is 1.54. The summed E-state index contributed by atoms with van der Waals surface area (Å²) >= 11 is 6.19. The van der Waals surface area contributed by atoms with Crippen molar-refractivity contribution in [1.29, 1.82) is 0 Å². The number of ether oxygens (including phenoxy) is 1. The maximum Gasteiger partial charge on any atom is 0.416 e. The zero-order chi connectivity index (χ0) is 18.9. The van der Waals surface area contributed by atoms with E-state index in [1.807, 2.05) is 0 Å². The van der Waals surface area contributed by atoms with Crippen LogP contribution in [0.2, 0.25) is 0 Å². The van der Waals surface area contributed by atoms with E-state index in [-0.39, 0.29) is 22.0 Å². The van der Waals surface area contributed by atoms with Crippen molar-refractivity contribution in [2.75, 3.05) is 0 Å². The summed E-state index contributed by atoms with van der Waals surface area (Å²) in [7, 11) is 0. The average Bonchev–Trinajstić information content (AvgIpc) is 2.93. The molecule has 0 spiro atoms. The molecule has 1 heterocycles. The van der Waals surface area contributed by atoms with E-state index in [0.717, 1.165) is 35.6 Å². The molecule has 0 amide bonds. The fourth-order valence-corrected chi connectivity index (χ4v) is 3.37. The van der Waals surface area contributed by atoms with Crippen LogP contribution in [0.15, 0.2) is 47.8 Å². The molecule has 0 unspecified atom stereocenters. The fraction of sp³-hybridized carbons (Fsp3) is 0.118. The molecule has 2 aromatic carbocycles. The lowest BCUT2D eigenvalue weighted by Crippen LogP contribution is -2.09. The first-order valence-electron chi connectivity index (χ1n) is 7.21. The van der Waals surface area contributed by atoms with Crippen molar-refractivity contribution in [3.63, 3.8) is 0 Å². The maximum absolute atomic E-state index is 14.1. The van der Waals surface area contributed by atoms with Gasteiger partial charge in [0.25, 0.3) is 0 Å². The van der Waals surface area contributed by atoms with Crippen LogP contribution >= 0.6 is 23.6 Å². The van der Waals surface area contributed by atoms with Crippen LogP contribution in [0, 0.1) is 15.6 Å². The van der Waals surface area contributed by atoms with Crippen molar-refractivity contribution in [2.24, 2.45) is 0 Å². The summed E-state index contributed by atoms with van der Waals surface area (Å²) in [4.78, 5) is 0. The van der Waals surface area contributed by atoms with Gasteiger partial charge in [0.05, 0.1) is 11.3 Å². The molecule has 3 rings (SSSR count). The number of hydrogen-bond acceptors (Lipinski definition) is 3. The van der Waals surface area contributed by atoms with Crippen LogP contribution in [0.4, 0.5) is 22.0 Å². The molecule has 0 radical (unpaired) electrons. The standard InChI is InChI=1S/C17H10F5NOS2/c18-13-5-2-6-14(19)15(13)23-11(9-26-16(23)25)8-24-12-4-1-3-10(7-12)17(20,21)22/h1-7,9H,8H2. The molecule has 26 heavy (non-hydrogen) atoms. The number of aromatic nitrogens is 1. The Hall–Kier alpha value is -2.26. The van der Waals surface area contributed by atoms with Crippen molar-refractivity contribution >= 4 is 23.6 Å². The van der Waals surface area contributed by atoms with Gasteiger partial charge < -0.3 is 4.74 Å². The van der Waals surface area contributed by atoms with Gasteiger partial charge in [0, 0.05) is 5.38 Å². The van der Waals surface area contributed by atoms with Gasteiger partial charge >= 0.3 is 6.18 Å². The monoisotopic (exact) mass is 403 g/mol. The van der Waals surface area contributed by atoms with Gasteiger partial charge in [-0.15, -0.1) is 11.3 Å². The molecule has 0 N–H and O–H groups in total. The lowest BCUT2D eigenvalue weighted by molar-refractivity contribution is -0.137. The molecule has 0 aliphatic heterocycles. The molecule has 0 fully saturated rings. The van der Waals surface area contributed by atoms with Crippen LogP contribution in [0.25, 0.3) is 5.69 Å². The van der Waals surface area contributed by atoms with Gasteiger partial charge in [-0.05, 0) is 42.5 Å². The predicted molar refractivity (Wildman–Crippen MR) is 90.2 cm³/mol. The molecule has 0 aliphatic carbocycles. The number of halogens is 5. The summed E-state index contributed by atoms with van der Waals surface area (Å²) in [6.07, 6.45) is -4.49. The second-order valence-electron chi connectivity index (χ2n) is 5.21. The largest absolute Gasteiger partial charge is 0.487 e. The Morgan fingerprint density at radius 3 is 2.35 bits per heavy atom. The average molecular weight is 403 g/mol. The molecule has 1 aromatic heterocycles. The Morgan fingerprint density at radius 1 is 1.04 bits per heavy atom. The third-order valence-corrected chi connectivity index (χ3v) is 4.72. The van der Waals surface area contributed by atoms with Gasteiger partial charge in [0.15, 0.2) is 3.95 Å². The van der Waals surface area contributed by atoms with Crippen molar-refractivity contribution in [3.05, 3.63) is 74.7 Å². The Morgan fingerprint density at radius 2 is 1.69 bits per heavy atom. The molecule has 0 bridgehead atoms. The van der Waals surface area contributed by atoms with E-state index in [2.05, 4.69) is 0 Å². The van der Waals surface area contributed by atoms with Crippen molar-refractivity contribution < 1.29 is 26.7 Å². The van der Waals surface area contributed by atoms with Crippen molar-refractivity contribution in [2.45, 2.75) is 12.8 Å². The van der Waals surface area contributed by atoms with Gasteiger partial charge in [-0.3, -0.25) is 4.57 Å². The van der Waals surface area contributed by atoms with Crippen LogP contribution < -0.4 is 4.74 Å². The third-order valence-electron chi connectivity index (χ3n) is 3.47. The minimum Gasteiger partial charge on any atom is -0.487 e. The number of nitrogens with zero attached hydrogens (tertiary/aromatic N) is 1. The lowest BCUT2D eigenvalue weighted by Gasteiger charge is -2.13. The Labute approximate surface area is 154 Å². The lowest BCUT2D eigenvalue weighted by atomic mass is 10.2. The zero-order valence-electron chi connectivity index (χ0n) is 12.9. The highest BCUT2D eigenvalue weighted by Gasteiger charge is 2.30. The number of rotatable bonds is 4. The molecule has 0 atom stereocenters. The van der Waals surface area contributed by atoms with E-state index in [1.54, 1.807) is 5.38 Å². The number of benzene rings is 2. The van der Waals surface area contributed by atoms with Crippen LogP contribution in [0.3, 0.4) is 0 Å². The molecule has 0 saturated heterocycles. The normalized spacial score (nSPS) is 11.6. The van der Waals surface area contributed by atoms with E-state index in [4.69, 9.17) is 17.0 Å². The first-order valence-corrected chi connectivity index (χ1v) is 8.50. The van der Waals surface area contributed by atoms with Gasteiger partial charge in [-0.2, -0.15) is 13.2 Å². The first-order chi connectivity index (χ1) is 12.3. The second-order valence-corrected chi connectivity index (χ2v) is 6.72. The fourth-order valence-electron chi connectivity index (χ4n) is 2.30. The summed E-state index contributed by atoms with van der Waals surface area (Å²) in [6, 6.07) is 7.77. The van der Waals surface area contributed by atoms with Crippen molar-refractivity contribution in [3.8, 4) is 11.4 Å². The highest BCUT2D eigenvalue weighted by molar-refractivity contribution is 7.73. The highest BCUT2D eigenvalue weighted by atomic mass is 32.1. The first kappa shape index (κ1) is 18.5. The van der Waals surface area contributed by atoms with Gasteiger partial charge in [0.1, 0.15) is 29.7 Å². The molecule has 0 aliphatic rings. The molecule has 9 heteroatoms. The minimum absolute atomic E-state index is 0.0162. The Kier molecular flexibility index (Phi) is 5.10. The van der Waals surface area contributed by atoms with Crippen molar-refractivity contribution in [1.82, 2.24) is 4.57 Å². The van der Waals surface area contributed by atoms with Gasteiger partial charge in [0.2, 0.25) is 0 Å². The quantitative estimate of drug-likeness (QED) is 0.383. The van der Waals surface area contributed by atoms with Gasteiger partial charge in [-0.1, -0.05) is 12.1 Å². The Bertz CT molecular complexity index is 973. The number of para-hydroxylation sites is 1. The number of hydrogen-bond donors (Lipinski definition) is 0. The highest BCUT2D eigenvalue weighted by Crippen LogP contribution is 2.32. The Balaban J connectivity index is 1.91. The van der Waals surface area contributed by atoms with E-state index in [0.29, 0.717) is 5.69 Å². The maximum atomic E-state index is 14.1. The van der Waals surface area contributed by atoms with Crippen LogP contribution in [-0.2, 0) is 12.8 Å². The SMILES string of the molecule is Fc1cccc(F)c1-n1c(COc2cccc(C(F)(F)F)c2)csc1=S. The smallest absolute Gasteiger partial charge is 0.416 e. The molecule has 0 saturated carbocycles. The summed E-state index contributed by atoms with van der Waals surface area (Å²) < 4.78 is 73.1. The topological polar surface area (TPSA) is 14.2 Å².